The molecule has 0 radical (unpaired) electrons. The van der Waals surface area contributed by atoms with Gasteiger partial charge in [0, 0.05) is 23.7 Å². The number of likely N-dealkylation sites (N-methyl/N-ethyl adjacent to an activating group) is 1. The van der Waals surface area contributed by atoms with E-state index in [0.29, 0.717) is 5.02 Å². The molecule has 0 spiro atoms. The third-order valence-corrected chi connectivity index (χ3v) is 5.43. The molecule has 0 bridgehead atoms. The summed E-state index contributed by atoms with van der Waals surface area (Å²) in [7, 11) is 1.86. The molecule has 25 heavy (non-hydrogen) atoms. The number of nitrogens with one attached hydrogen (secondary N) is 1. The molecule has 1 heterocycles. The van der Waals surface area contributed by atoms with Gasteiger partial charge in [-0.3, -0.25) is 4.79 Å². The summed E-state index contributed by atoms with van der Waals surface area (Å²) in [5.41, 5.74) is 1.69. The lowest BCUT2D eigenvalue weighted by Crippen LogP contribution is -2.56. The highest BCUT2D eigenvalue weighted by atomic mass is 35.5. The lowest BCUT2D eigenvalue weighted by Gasteiger charge is -2.41. The van der Waals surface area contributed by atoms with Crippen molar-refractivity contribution in [3.05, 3.63) is 76.4 Å². The largest absolute Gasteiger partial charge is 0.370 e. The van der Waals surface area contributed by atoms with Crippen molar-refractivity contribution in [3.8, 4) is 0 Å². The van der Waals surface area contributed by atoms with Crippen molar-refractivity contribution in [2.24, 2.45) is 0 Å². The fourth-order valence-corrected chi connectivity index (χ4v) is 3.61. The number of hydrogen-bond donors (Lipinski definition) is 1. The summed E-state index contributed by atoms with van der Waals surface area (Å²) in [5, 5.41) is 3.92. The fraction of sp³-hybridized carbons (Fsp3) is 0.286. The van der Waals surface area contributed by atoms with E-state index in [1.807, 2.05) is 72.8 Å². The minimum absolute atomic E-state index is 0.00764. The van der Waals surface area contributed by atoms with Crippen LogP contribution in [0, 0.1) is 0 Å². The van der Waals surface area contributed by atoms with Crippen molar-refractivity contribution < 1.29 is 4.79 Å². The summed E-state index contributed by atoms with van der Waals surface area (Å²) in [5.74, 6) is -0.00764. The molecule has 3 nitrogen and oxygen atoms in total. The first kappa shape index (κ1) is 17.6. The van der Waals surface area contributed by atoms with E-state index < -0.39 is 5.54 Å². The molecule has 0 fully saturated rings. The van der Waals surface area contributed by atoms with Crippen molar-refractivity contribution in [2.75, 3.05) is 7.05 Å². The molecule has 1 aliphatic rings. The first-order chi connectivity index (χ1) is 12.0. The van der Waals surface area contributed by atoms with Gasteiger partial charge in [0.15, 0.2) is 5.54 Å². The Labute approximate surface area is 154 Å². The molecule has 2 aromatic carbocycles. The Morgan fingerprint density at radius 3 is 2.48 bits per heavy atom. The highest BCUT2D eigenvalue weighted by Crippen LogP contribution is 2.40. The second-order valence-corrected chi connectivity index (χ2v) is 6.88. The van der Waals surface area contributed by atoms with Gasteiger partial charge in [-0.05, 0) is 42.8 Å². The summed E-state index contributed by atoms with van der Waals surface area (Å²) in [6.45, 7) is 4.14. The molecule has 0 aliphatic carbocycles. The van der Waals surface area contributed by atoms with Crippen LogP contribution in [0.4, 0.5) is 0 Å². The minimum atomic E-state index is -1.03. The maximum Gasteiger partial charge on any atom is 0.257 e. The molecule has 1 aliphatic heterocycles. The first-order valence-electron chi connectivity index (χ1n) is 8.58. The number of fused-ring (bicyclic) bond motifs is 1. The first-order valence-corrected chi connectivity index (χ1v) is 8.96. The number of rotatable bonds is 4. The number of halogens is 1. The minimum Gasteiger partial charge on any atom is -0.370 e. The zero-order chi connectivity index (χ0) is 18.0. The summed E-state index contributed by atoms with van der Waals surface area (Å²) in [4.78, 5) is 15.5. The average Bonchev–Trinajstić information content (AvgIpc) is 2.66. The molecule has 4 heteroatoms. The van der Waals surface area contributed by atoms with Gasteiger partial charge in [-0.2, -0.15) is 0 Å². The van der Waals surface area contributed by atoms with Gasteiger partial charge in [-0.15, -0.1) is 0 Å². The monoisotopic (exact) mass is 354 g/mol. The Balaban J connectivity index is 2.26. The molecular formula is C21H23ClN2O. The predicted molar refractivity (Wildman–Crippen MR) is 103 cm³/mol. The maximum atomic E-state index is 13.7. The smallest absolute Gasteiger partial charge is 0.257 e. The predicted octanol–water partition coefficient (Wildman–Crippen LogP) is 4.41. The van der Waals surface area contributed by atoms with Gasteiger partial charge in [-0.25, -0.2) is 0 Å². The number of carbonyl (C=O) groups is 1. The fourth-order valence-electron chi connectivity index (χ4n) is 3.34. The second kappa shape index (κ2) is 6.93. The van der Waals surface area contributed by atoms with Crippen LogP contribution in [0.3, 0.4) is 0 Å². The third-order valence-electron chi connectivity index (χ3n) is 5.10. The van der Waals surface area contributed by atoms with Crippen molar-refractivity contribution in [3.63, 3.8) is 0 Å². The highest BCUT2D eigenvalue weighted by Gasteiger charge is 2.47. The summed E-state index contributed by atoms with van der Waals surface area (Å²) in [6.07, 6.45) is 4.72. The van der Waals surface area contributed by atoms with Gasteiger partial charge < -0.3 is 10.2 Å². The molecule has 0 aromatic heterocycles. The van der Waals surface area contributed by atoms with Gasteiger partial charge in [0.25, 0.3) is 5.91 Å². The molecular weight excluding hydrogens is 332 g/mol. The lowest BCUT2D eigenvalue weighted by molar-refractivity contribution is -0.137. The van der Waals surface area contributed by atoms with Gasteiger partial charge in [0.05, 0.1) is 0 Å². The average molecular weight is 355 g/mol. The van der Waals surface area contributed by atoms with E-state index in [-0.39, 0.29) is 11.9 Å². The van der Waals surface area contributed by atoms with Gasteiger partial charge in [0.2, 0.25) is 0 Å². The Kier molecular flexibility index (Phi) is 4.87. The van der Waals surface area contributed by atoms with E-state index in [4.69, 9.17) is 11.6 Å². The van der Waals surface area contributed by atoms with Gasteiger partial charge in [0.1, 0.15) is 0 Å². The molecule has 2 atom stereocenters. The molecule has 3 rings (SSSR count). The number of hydrogen-bond acceptors (Lipinski definition) is 2. The number of benzene rings is 2. The van der Waals surface area contributed by atoms with Crippen molar-refractivity contribution >= 4 is 23.6 Å². The van der Waals surface area contributed by atoms with Crippen LogP contribution in [0.1, 0.15) is 37.0 Å². The van der Waals surface area contributed by atoms with Crippen LogP contribution in [0.5, 0.6) is 0 Å². The molecule has 0 saturated heterocycles. The van der Waals surface area contributed by atoms with Crippen LogP contribution >= 0.6 is 11.6 Å². The van der Waals surface area contributed by atoms with E-state index in [1.165, 1.54) is 0 Å². The highest BCUT2D eigenvalue weighted by molar-refractivity contribution is 6.32. The zero-order valence-electron chi connectivity index (χ0n) is 14.8. The molecule has 1 N–H and O–H groups in total. The standard InChI is InChI=1S/C21H23ClN2O/c1-4-15(2)24(3)20(25)21(18-11-7-8-12-19(18)22)17-10-6-5-9-16(17)13-14-23-21/h5-15,23H,4H2,1-3H3. The Morgan fingerprint density at radius 1 is 1.16 bits per heavy atom. The Bertz CT molecular complexity index is 817. The summed E-state index contributed by atoms with van der Waals surface area (Å²) >= 11 is 6.54. The molecule has 130 valence electrons. The number of carbonyl (C=O) groups excluding carboxylic acids is 1. The van der Waals surface area contributed by atoms with Crippen LogP contribution in [0.2, 0.25) is 5.02 Å². The molecule has 2 aromatic rings. The van der Waals surface area contributed by atoms with Crippen LogP contribution < -0.4 is 5.32 Å². The Morgan fingerprint density at radius 2 is 1.80 bits per heavy atom. The molecule has 0 saturated carbocycles. The number of amides is 1. The second-order valence-electron chi connectivity index (χ2n) is 6.47. The number of nitrogens with zero attached hydrogens (tertiary/aromatic N) is 1. The van der Waals surface area contributed by atoms with Crippen LogP contribution in [0.25, 0.3) is 6.08 Å². The van der Waals surface area contributed by atoms with Crippen molar-refractivity contribution in [1.29, 1.82) is 0 Å². The third kappa shape index (κ3) is 2.83. The van der Waals surface area contributed by atoms with Crippen molar-refractivity contribution in [1.82, 2.24) is 10.2 Å². The molecule has 1 amide bonds. The summed E-state index contributed by atoms with van der Waals surface area (Å²) < 4.78 is 0. The van der Waals surface area contributed by atoms with Crippen LogP contribution in [-0.4, -0.2) is 23.9 Å². The zero-order valence-corrected chi connectivity index (χ0v) is 15.5. The van der Waals surface area contributed by atoms with Gasteiger partial charge in [-0.1, -0.05) is 61.0 Å². The summed E-state index contributed by atoms with van der Waals surface area (Å²) in [6, 6.07) is 15.6. The van der Waals surface area contributed by atoms with E-state index in [2.05, 4.69) is 19.2 Å². The molecule has 2 unspecified atom stereocenters. The maximum absolute atomic E-state index is 13.7. The van der Waals surface area contributed by atoms with E-state index in [0.717, 1.165) is 23.1 Å². The lowest BCUT2D eigenvalue weighted by atomic mass is 9.77. The SMILES string of the molecule is CCC(C)N(C)C(=O)C1(c2ccccc2Cl)NC=Cc2ccccc21. The van der Waals surface area contributed by atoms with Gasteiger partial charge >= 0.3 is 0 Å². The normalized spacial score (nSPS) is 19.7. The Hall–Kier alpha value is -2.26. The van der Waals surface area contributed by atoms with E-state index in [9.17, 15) is 4.79 Å². The van der Waals surface area contributed by atoms with Crippen LogP contribution in [-0.2, 0) is 10.3 Å². The van der Waals surface area contributed by atoms with E-state index >= 15 is 0 Å². The van der Waals surface area contributed by atoms with Crippen LogP contribution in [0.15, 0.2) is 54.7 Å². The topological polar surface area (TPSA) is 32.3 Å². The quantitative estimate of drug-likeness (QED) is 0.881. The van der Waals surface area contributed by atoms with Crippen molar-refractivity contribution in [2.45, 2.75) is 31.8 Å². The van der Waals surface area contributed by atoms with E-state index in [1.54, 1.807) is 0 Å².